The van der Waals surface area contributed by atoms with Gasteiger partial charge in [-0.15, -0.1) is 24.8 Å². The van der Waals surface area contributed by atoms with Crippen molar-refractivity contribution in [3.63, 3.8) is 0 Å². The molecule has 0 saturated carbocycles. The van der Waals surface area contributed by atoms with Gasteiger partial charge >= 0.3 is 0 Å². The summed E-state index contributed by atoms with van der Waals surface area (Å²) in [6.07, 6.45) is 3.30. The van der Waals surface area contributed by atoms with Crippen LogP contribution in [0.3, 0.4) is 0 Å². The van der Waals surface area contributed by atoms with Gasteiger partial charge in [0.05, 0.1) is 12.6 Å². The highest BCUT2D eigenvalue weighted by molar-refractivity contribution is 5.87. The molecule has 1 aromatic rings. The molecule has 0 unspecified atom stereocenters. The molecule has 9 heteroatoms. The summed E-state index contributed by atoms with van der Waals surface area (Å²) in [6, 6.07) is 5.69. The van der Waals surface area contributed by atoms with Crippen LogP contribution in [0.1, 0.15) is 18.5 Å². The van der Waals surface area contributed by atoms with E-state index in [4.69, 9.17) is 10.5 Å². The van der Waals surface area contributed by atoms with E-state index < -0.39 is 6.10 Å². The van der Waals surface area contributed by atoms with Crippen molar-refractivity contribution >= 4 is 36.6 Å². The normalized spacial score (nSPS) is 18.6. The Morgan fingerprint density at radius 3 is 2.72 bits per heavy atom. The molecule has 0 aliphatic carbocycles. The minimum Gasteiger partial charge on any atom is -0.364 e. The van der Waals surface area contributed by atoms with Gasteiger partial charge in [0.1, 0.15) is 6.10 Å². The fourth-order valence-corrected chi connectivity index (χ4v) is 2.44. The Balaban J connectivity index is 0.00000288. The van der Waals surface area contributed by atoms with Crippen LogP contribution >= 0.6 is 24.8 Å². The Hall–Kier alpha value is -1.41. The van der Waals surface area contributed by atoms with Crippen molar-refractivity contribution in [3.8, 4) is 0 Å². The van der Waals surface area contributed by atoms with Crippen LogP contribution in [0.25, 0.3) is 0 Å². The first-order valence-electron chi connectivity index (χ1n) is 7.87. The Bertz CT molecular complexity index is 533. The van der Waals surface area contributed by atoms with Crippen LogP contribution in [-0.4, -0.2) is 60.6 Å². The minimum atomic E-state index is -0.491. The predicted octanol–water partition coefficient (Wildman–Crippen LogP) is 0.549. The van der Waals surface area contributed by atoms with Gasteiger partial charge in [0.15, 0.2) is 0 Å². The Kier molecular flexibility index (Phi) is 11.3. The lowest BCUT2D eigenvalue weighted by Gasteiger charge is -2.18. The van der Waals surface area contributed by atoms with E-state index in [1.165, 1.54) is 0 Å². The van der Waals surface area contributed by atoms with Crippen molar-refractivity contribution in [3.05, 3.63) is 30.1 Å². The number of carbonyl (C=O) groups is 2. The maximum absolute atomic E-state index is 12.0. The van der Waals surface area contributed by atoms with Crippen LogP contribution in [0.5, 0.6) is 0 Å². The maximum atomic E-state index is 12.0. The van der Waals surface area contributed by atoms with Gasteiger partial charge in [0.2, 0.25) is 11.8 Å². The van der Waals surface area contributed by atoms with Crippen LogP contribution in [0.15, 0.2) is 24.4 Å². The van der Waals surface area contributed by atoms with E-state index in [1.807, 2.05) is 18.2 Å². The maximum Gasteiger partial charge on any atom is 0.249 e. The number of nitrogens with zero attached hydrogens (tertiary/aromatic N) is 2. The standard InChI is InChI=1S/C16H24N4O3.2ClH/c1-20(9-7-12-4-2-3-8-18-12)15(21)11-19-16(22)14-6-5-13(10-17)23-14;;/h2-4,8,13-14H,5-7,9-11,17H2,1H3,(H,19,22);2*1H/t13-,14+;;/m1../s1. The second-order valence-corrected chi connectivity index (χ2v) is 5.66. The van der Waals surface area contributed by atoms with Gasteiger partial charge in [-0.05, 0) is 25.0 Å². The van der Waals surface area contributed by atoms with Crippen LogP contribution in [-0.2, 0) is 20.7 Å². The summed E-state index contributed by atoms with van der Waals surface area (Å²) in [7, 11) is 1.72. The van der Waals surface area contributed by atoms with E-state index in [0.29, 0.717) is 25.9 Å². The SMILES string of the molecule is CN(CCc1ccccn1)C(=O)CNC(=O)[C@@H]1CC[C@H](CN)O1.Cl.Cl. The van der Waals surface area contributed by atoms with Gasteiger partial charge in [0, 0.05) is 38.4 Å². The monoisotopic (exact) mass is 392 g/mol. The van der Waals surface area contributed by atoms with Gasteiger partial charge in [-0.3, -0.25) is 14.6 Å². The predicted molar refractivity (Wildman–Crippen MR) is 100 cm³/mol. The number of ether oxygens (including phenoxy) is 1. The Morgan fingerprint density at radius 2 is 2.12 bits per heavy atom. The van der Waals surface area contributed by atoms with Gasteiger partial charge in [0.25, 0.3) is 0 Å². The molecular formula is C16H26Cl2N4O3. The van der Waals surface area contributed by atoms with E-state index >= 15 is 0 Å². The van der Waals surface area contributed by atoms with Gasteiger partial charge in [-0.25, -0.2) is 0 Å². The average molecular weight is 393 g/mol. The zero-order chi connectivity index (χ0) is 16.7. The summed E-state index contributed by atoms with van der Waals surface area (Å²) in [5.41, 5.74) is 6.45. The summed E-state index contributed by atoms with van der Waals surface area (Å²) >= 11 is 0. The number of halogens is 2. The molecule has 142 valence electrons. The lowest BCUT2D eigenvalue weighted by molar-refractivity contribution is -0.136. The van der Waals surface area contributed by atoms with Crippen LogP contribution in [0.4, 0.5) is 0 Å². The Morgan fingerprint density at radius 1 is 1.36 bits per heavy atom. The zero-order valence-electron chi connectivity index (χ0n) is 14.2. The van der Waals surface area contributed by atoms with Gasteiger partial charge in [-0.1, -0.05) is 6.07 Å². The fourth-order valence-electron chi connectivity index (χ4n) is 2.44. The molecule has 2 heterocycles. The van der Waals surface area contributed by atoms with Gasteiger partial charge < -0.3 is 20.7 Å². The molecule has 1 aromatic heterocycles. The molecule has 0 bridgehead atoms. The number of amides is 2. The molecule has 2 atom stereocenters. The number of aromatic nitrogens is 1. The zero-order valence-corrected chi connectivity index (χ0v) is 15.9. The summed E-state index contributed by atoms with van der Waals surface area (Å²) in [4.78, 5) is 29.8. The third-order valence-corrected chi connectivity index (χ3v) is 3.93. The third kappa shape index (κ3) is 7.56. The van der Waals surface area contributed by atoms with E-state index in [2.05, 4.69) is 10.3 Å². The largest absolute Gasteiger partial charge is 0.364 e. The van der Waals surface area contributed by atoms with E-state index in [0.717, 1.165) is 12.1 Å². The van der Waals surface area contributed by atoms with E-state index in [1.54, 1.807) is 18.1 Å². The molecule has 7 nitrogen and oxygen atoms in total. The van der Waals surface area contributed by atoms with E-state index in [9.17, 15) is 9.59 Å². The number of hydrogen-bond acceptors (Lipinski definition) is 5. The van der Waals surface area contributed by atoms with Crippen molar-refractivity contribution in [1.29, 1.82) is 0 Å². The topological polar surface area (TPSA) is 97.6 Å². The summed E-state index contributed by atoms with van der Waals surface area (Å²) in [5, 5.41) is 2.64. The average Bonchev–Trinajstić information content (AvgIpc) is 3.07. The van der Waals surface area contributed by atoms with Crippen molar-refractivity contribution in [2.45, 2.75) is 31.5 Å². The van der Waals surface area contributed by atoms with Gasteiger partial charge in [-0.2, -0.15) is 0 Å². The Labute approximate surface area is 160 Å². The van der Waals surface area contributed by atoms with E-state index in [-0.39, 0.29) is 49.3 Å². The summed E-state index contributed by atoms with van der Waals surface area (Å²) in [5.74, 6) is -0.380. The smallest absolute Gasteiger partial charge is 0.249 e. The number of rotatable bonds is 7. The number of nitrogens with two attached hydrogens (primary N) is 1. The van der Waals surface area contributed by atoms with Crippen molar-refractivity contribution < 1.29 is 14.3 Å². The first-order chi connectivity index (χ1) is 11.1. The lowest BCUT2D eigenvalue weighted by Crippen LogP contribution is -2.42. The third-order valence-electron chi connectivity index (χ3n) is 3.93. The molecule has 0 spiro atoms. The molecule has 2 amide bonds. The molecule has 25 heavy (non-hydrogen) atoms. The van der Waals surface area contributed by atoms with Crippen molar-refractivity contribution in [2.24, 2.45) is 5.73 Å². The second-order valence-electron chi connectivity index (χ2n) is 5.66. The molecular weight excluding hydrogens is 367 g/mol. The van der Waals surface area contributed by atoms with Crippen molar-refractivity contribution in [2.75, 3.05) is 26.7 Å². The molecule has 0 aromatic carbocycles. The lowest BCUT2D eigenvalue weighted by atomic mass is 10.2. The molecule has 2 rings (SSSR count). The fraction of sp³-hybridized carbons (Fsp3) is 0.562. The molecule has 0 radical (unpaired) electrons. The highest BCUT2D eigenvalue weighted by atomic mass is 35.5. The molecule has 1 aliphatic rings. The molecule has 1 saturated heterocycles. The molecule has 1 fully saturated rings. The van der Waals surface area contributed by atoms with Crippen molar-refractivity contribution in [1.82, 2.24) is 15.2 Å². The number of pyridine rings is 1. The first kappa shape index (κ1) is 23.6. The second kappa shape index (κ2) is 12.0. The summed E-state index contributed by atoms with van der Waals surface area (Å²) in [6.45, 7) is 0.949. The number of likely N-dealkylation sites (N-methyl/N-ethyl adjacent to an activating group) is 1. The highest BCUT2D eigenvalue weighted by Crippen LogP contribution is 2.18. The molecule has 3 N–H and O–H groups in total. The summed E-state index contributed by atoms with van der Waals surface area (Å²) < 4.78 is 5.50. The minimum absolute atomic E-state index is 0. The molecule has 1 aliphatic heterocycles. The van der Waals surface area contributed by atoms with Crippen LogP contribution in [0.2, 0.25) is 0 Å². The van der Waals surface area contributed by atoms with Crippen LogP contribution < -0.4 is 11.1 Å². The first-order valence-corrected chi connectivity index (χ1v) is 7.87. The quantitative estimate of drug-likeness (QED) is 0.705. The number of carbonyl (C=O) groups excluding carboxylic acids is 2. The number of nitrogens with one attached hydrogen (secondary N) is 1. The number of hydrogen-bond donors (Lipinski definition) is 2. The van der Waals surface area contributed by atoms with Crippen LogP contribution in [0, 0.1) is 0 Å². The highest BCUT2D eigenvalue weighted by Gasteiger charge is 2.29.